The average Bonchev–Trinajstić information content (AvgIpc) is 2.37. The summed E-state index contributed by atoms with van der Waals surface area (Å²) in [6, 6.07) is 9.95. The summed E-state index contributed by atoms with van der Waals surface area (Å²) in [5.41, 5.74) is 6.70. The van der Waals surface area contributed by atoms with Crippen LogP contribution in [0, 0.1) is 5.41 Å². The fourth-order valence-electron chi connectivity index (χ4n) is 2.08. The molecule has 1 rings (SSSR count). The fourth-order valence-corrected chi connectivity index (χ4v) is 2.08. The van der Waals surface area contributed by atoms with E-state index in [2.05, 4.69) is 26.1 Å². The predicted molar refractivity (Wildman–Crippen MR) is 79.9 cm³/mol. The number of amides is 1. The molecule has 0 aromatic heterocycles. The minimum Gasteiger partial charge on any atom is -0.352 e. The van der Waals surface area contributed by atoms with Crippen molar-refractivity contribution in [2.24, 2.45) is 11.1 Å². The van der Waals surface area contributed by atoms with Gasteiger partial charge in [0.2, 0.25) is 5.91 Å². The summed E-state index contributed by atoms with van der Waals surface area (Å²) in [4.78, 5) is 12.3. The molecule has 2 atom stereocenters. The molecule has 0 spiro atoms. The SMILES string of the molecule is CC(C(=O)NC(CCN)C(C)(C)C)c1ccccc1. The van der Waals surface area contributed by atoms with Crippen LogP contribution in [-0.4, -0.2) is 18.5 Å². The summed E-state index contributed by atoms with van der Waals surface area (Å²) in [5.74, 6) is -0.0663. The van der Waals surface area contributed by atoms with Crippen LogP contribution in [0.1, 0.15) is 45.6 Å². The first kappa shape index (κ1) is 15.7. The van der Waals surface area contributed by atoms with Crippen molar-refractivity contribution in [3.63, 3.8) is 0 Å². The van der Waals surface area contributed by atoms with Crippen LogP contribution in [0.15, 0.2) is 30.3 Å². The standard InChI is InChI=1S/C16H26N2O/c1-12(13-8-6-5-7-9-13)15(19)18-14(10-11-17)16(2,3)4/h5-9,12,14H,10-11,17H2,1-4H3,(H,18,19). The lowest BCUT2D eigenvalue weighted by Gasteiger charge is -2.32. The smallest absolute Gasteiger partial charge is 0.227 e. The van der Waals surface area contributed by atoms with E-state index in [1.807, 2.05) is 37.3 Å². The minimum absolute atomic E-state index is 0.0193. The van der Waals surface area contributed by atoms with E-state index in [0.717, 1.165) is 12.0 Å². The van der Waals surface area contributed by atoms with Crippen LogP contribution in [-0.2, 0) is 4.79 Å². The first-order valence-corrected chi connectivity index (χ1v) is 6.91. The molecule has 0 aliphatic rings. The number of carbonyl (C=O) groups is 1. The van der Waals surface area contributed by atoms with Gasteiger partial charge in [-0.25, -0.2) is 0 Å². The molecule has 0 aliphatic heterocycles. The van der Waals surface area contributed by atoms with E-state index in [0.29, 0.717) is 6.54 Å². The Hall–Kier alpha value is -1.35. The highest BCUT2D eigenvalue weighted by Crippen LogP contribution is 2.23. The van der Waals surface area contributed by atoms with Gasteiger partial charge >= 0.3 is 0 Å². The van der Waals surface area contributed by atoms with Crippen LogP contribution in [0.5, 0.6) is 0 Å². The van der Waals surface area contributed by atoms with Gasteiger partial charge in [0.05, 0.1) is 5.92 Å². The second kappa shape index (κ2) is 6.71. The van der Waals surface area contributed by atoms with Gasteiger partial charge in [0.15, 0.2) is 0 Å². The van der Waals surface area contributed by atoms with Gasteiger partial charge in [0.1, 0.15) is 0 Å². The monoisotopic (exact) mass is 262 g/mol. The Kier molecular flexibility index (Phi) is 5.55. The van der Waals surface area contributed by atoms with Crippen molar-refractivity contribution in [2.45, 2.75) is 46.1 Å². The van der Waals surface area contributed by atoms with Crippen molar-refractivity contribution in [2.75, 3.05) is 6.54 Å². The zero-order valence-electron chi connectivity index (χ0n) is 12.4. The van der Waals surface area contributed by atoms with Crippen LogP contribution in [0.3, 0.4) is 0 Å². The molecule has 0 fully saturated rings. The molecule has 106 valence electrons. The van der Waals surface area contributed by atoms with Gasteiger partial charge in [-0.2, -0.15) is 0 Å². The topological polar surface area (TPSA) is 55.1 Å². The summed E-state index contributed by atoms with van der Waals surface area (Å²) in [6.45, 7) is 8.90. The molecule has 3 nitrogen and oxygen atoms in total. The molecule has 1 aromatic rings. The van der Waals surface area contributed by atoms with Gasteiger partial charge < -0.3 is 11.1 Å². The predicted octanol–water partition coefficient (Wildman–Crippen LogP) is 2.67. The zero-order valence-corrected chi connectivity index (χ0v) is 12.4. The third-order valence-electron chi connectivity index (χ3n) is 3.51. The summed E-state index contributed by atoms with van der Waals surface area (Å²) < 4.78 is 0. The lowest BCUT2D eigenvalue weighted by molar-refractivity contribution is -0.123. The summed E-state index contributed by atoms with van der Waals surface area (Å²) in [7, 11) is 0. The molecule has 0 heterocycles. The van der Waals surface area contributed by atoms with Crippen LogP contribution >= 0.6 is 0 Å². The highest BCUT2D eigenvalue weighted by Gasteiger charge is 2.27. The molecule has 3 heteroatoms. The van der Waals surface area contributed by atoms with Gasteiger partial charge in [0, 0.05) is 6.04 Å². The van der Waals surface area contributed by atoms with E-state index >= 15 is 0 Å². The Balaban J connectivity index is 2.72. The Bertz CT molecular complexity index is 395. The van der Waals surface area contributed by atoms with Crippen molar-refractivity contribution >= 4 is 5.91 Å². The molecule has 3 N–H and O–H groups in total. The molecule has 0 saturated heterocycles. The maximum Gasteiger partial charge on any atom is 0.227 e. The Morgan fingerprint density at radius 2 is 1.84 bits per heavy atom. The average molecular weight is 262 g/mol. The number of nitrogens with two attached hydrogens (primary N) is 1. The Morgan fingerprint density at radius 1 is 1.26 bits per heavy atom. The number of hydrogen-bond donors (Lipinski definition) is 2. The lowest BCUT2D eigenvalue weighted by Crippen LogP contribution is -2.46. The molecule has 0 saturated carbocycles. The lowest BCUT2D eigenvalue weighted by atomic mass is 9.84. The normalized spacial score (nSPS) is 14.8. The van der Waals surface area contributed by atoms with E-state index in [4.69, 9.17) is 5.73 Å². The number of benzene rings is 1. The van der Waals surface area contributed by atoms with Crippen LogP contribution in [0.25, 0.3) is 0 Å². The van der Waals surface area contributed by atoms with Crippen molar-refractivity contribution in [1.82, 2.24) is 5.32 Å². The Morgan fingerprint density at radius 3 is 2.32 bits per heavy atom. The largest absolute Gasteiger partial charge is 0.352 e. The van der Waals surface area contributed by atoms with E-state index < -0.39 is 0 Å². The first-order valence-electron chi connectivity index (χ1n) is 6.91. The van der Waals surface area contributed by atoms with Crippen LogP contribution in [0.2, 0.25) is 0 Å². The second-order valence-corrected chi connectivity index (χ2v) is 6.14. The highest BCUT2D eigenvalue weighted by atomic mass is 16.1. The Labute approximate surface area is 116 Å². The molecule has 1 aromatic carbocycles. The van der Waals surface area contributed by atoms with Crippen molar-refractivity contribution in [3.8, 4) is 0 Å². The molecule has 2 unspecified atom stereocenters. The number of hydrogen-bond acceptors (Lipinski definition) is 2. The maximum atomic E-state index is 12.3. The van der Waals surface area contributed by atoms with Gasteiger partial charge in [-0.05, 0) is 30.9 Å². The number of rotatable bonds is 5. The zero-order chi connectivity index (χ0) is 14.5. The molecule has 19 heavy (non-hydrogen) atoms. The molecular weight excluding hydrogens is 236 g/mol. The summed E-state index contributed by atoms with van der Waals surface area (Å²) >= 11 is 0. The van der Waals surface area contributed by atoms with Gasteiger partial charge in [-0.1, -0.05) is 51.1 Å². The number of nitrogens with one attached hydrogen (secondary N) is 1. The van der Waals surface area contributed by atoms with Crippen LogP contribution in [0.4, 0.5) is 0 Å². The minimum atomic E-state index is -0.135. The van der Waals surface area contributed by atoms with E-state index in [-0.39, 0.29) is 23.3 Å². The van der Waals surface area contributed by atoms with Crippen molar-refractivity contribution in [3.05, 3.63) is 35.9 Å². The van der Waals surface area contributed by atoms with Gasteiger partial charge in [-0.3, -0.25) is 4.79 Å². The second-order valence-electron chi connectivity index (χ2n) is 6.14. The molecule has 0 aliphatic carbocycles. The molecule has 0 radical (unpaired) electrons. The summed E-state index contributed by atoms with van der Waals surface area (Å²) in [6.07, 6.45) is 0.802. The maximum absolute atomic E-state index is 12.3. The quantitative estimate of drug-likeness (QED) is 0.857. The molecular formula is C16H26N2O. The fraction of sp³-hybridized carbons (Fsp3) is 0.562. The number of carbonyl (C=O) groups excluding carboxylic acids is 1. The van der Waals surface area contributed by atoms with E-state index in [1.165, 1.54) is 0 Å². The third-order valence-corrected chi connectivity index (χ3v) is 3.51. The van der Waals surface area contributed by atoms with Crippen molar-refractivity contribution < 1.29 is 4.79 Å². The van der Waals surface area contributed by atoms with E-state index in [1.54, 1.807) is 0 Å². The molecule has 0 bridgehead atoms. The first-order chi connectivity index (χ1) is 8.86. The van der Waals surface area contributed by atoms with Gasteiger partial charge in [-0.15, -0.1) is 0 Å². The third kappa shape index (κ3) is 4.67. The molecule has 1 amide bonds. The summed E-state index contributed by atoms with van der Waals surface area (Å²) in [5, 5.41) is 3.14. The van der Waals surface area contributed by atoms with Gasteiger partial charge in [0.25, 0.3) is 0 Å². The highest BCUT2D eigenvalue weighted by molar-refractivity contribution is 5.83. The van der Waals surface area contributed by atoms with Crippen LogP contribution < -0.4 is 11.1 Å². The van der Waals surface area contributed by atoms with Crippen molar-refractivity contribution in [1.29, 1.82) is 0 Å². The van der Waals surface area contributed by atoms with E-state index in [9.17, 15) is 4.79 Å².